The molecule has 3 heteroatoms. The van der Waals surface area contributed by atoms with Gasteiger partial charge in [-0.1, -0.05) is 12.1 Å². The Kier molecular flexibility index (Phi) is 2.63. The maximum Gasteiger partial charge on any atom is 0.151 e. The van der Waals surface area contributed by atoms with E-state index in [2.05, 4.69) is 0 Å². The molecule has 0 aliphatic heterocycles. The molecule has 2 aromatic rings. The van der Waals surface area contributed by atoms with Crippen LogP contribution in [0.2, 0.25) is 0 Å². The Morgan fingerprint density at radius 3 is 2.53 bits per heavy atom. The monoisotopic (exact) mass is 203 g/mol. The van der Waals surface area contributed by atoms with E-state index in [1.807, 2.05) is 10.8 Å². The molecule has 0 aliphatic rings. The number of hydrogen-bond acceptors (Lipinski definition) is 1. The molecule has 2 rings (SSSR count). The van der Waals surface area contributed by atoms with Gasteiger partial charge in [-0.3, -0.25) is 4.79 Å². The molecule has 0 unspecified atom stereocenters. The smallest absolute Gasteiger partial charge is 0.151 e. The quantitative estimate of drug-likeness (QED) is 0.702. The zero-order valence-corrected chi connectivity index (χ0v) is 8.06. The van der Waals surface area contributed by atoms with Crippen LogP contribution in [0.25, 0.3) is 0 Å². The fraction of sp³-hybridized carbons (Fsp3) is 0.0833. The first-order valence-electron chi connectivity index (χ1n) is 4.63. The molecule has 0 atom stereocenters. The molecule has 15 heavy (non-hydrogen) atoms. The SMILES string of the molecule is O=Cc1ccn(Cc2ccc(F)cc2)c1. The lowest BCUT2D eigenvalue weighted by Crippen LogP contribution is -1.96. The molecular formula is C12H10FNO. The Morgan fingerprint density at radius 1 is 1.20 bits per heavy atom. The normalized spacial score (nSPS) is 10.2. The van der Waals surface area contributed by atoms with Gasteiger partial charge in [0.15, 0.2) is 6.29 Å². The van der Waals surface area contributed by atoms with Crippen LogP contribution in [0.5, 0.6) is 0 Å². The van der Waals surface area contributed by atoms with Gasteiger partial charge in [0.25, 0.3) is 0 Å². The third kappa shape index (κ3) is 2.31. The first kappa shape index (κ1) is 9.65. The Labute approximate surface area is 87.0 Å². The van der Waals surface area contributed by atoms with Gasteiger partial charge in [-0.25, -0.2) is 4.39 Å². The van der Waals surface area contributed by atoms with Crippen LogP contribution in [0.15, 0.2) is 42.7 Å². The van der Waals surface area contributed by atoms with Crippen LogP contribution in [-0.2, 0) is 6.54 Å². The summed E-state index contributed by atoms with van der Waals surface area (Å²) in [6.45, 7) is 0.647. The number of aldehydes is 1. The number of carbonyl (C=O) groups is 1. The van der Waals surface area contributed by atoms with Crippen molar-refractivity contribution in [3.8, 4) is 0 Å². The molecule has 0 fully saturated rings. The van der Waals surface area contributed by atoms with Crippen LogP contribution in [0.3, 0.4) is 0 Å². The first-order valence-corrected chi connectivity index (χ1v) is 4.63. The highest BCUT2D eigenvalue weighted by atomic mass is 19.1. The second kappa shape index (κ2) is 4.09. The van der Waals surface area contributed by atoms with Gasteiger partial charge in [0, 0.05) is 24.5 Å². The van der Waals surface area contributed by atoms with Gasteiger partial charge in [-0.15, -0.1) is 0 Å². The van der Waals surface area contributed by atoms with E-state index < -0.39 is 0 Å². The van der Waals surface area contributed by atoms with Crippen LogP contribution in [-0.4, -0.2) is 10.9 Å². The van der Waals surface area contributed by atoms with Gasteiger partial charge in [0.1, 0.15) is 5.82 Å². The van der Waals surface area contributed by atoms with Gasteiger partial charge in [0.2, 0.25) is 0 Å². The fourth-order valence-electron chi connectivity index (χ4n) is 1.43. The Hall–Kier alpha value is -1.90. The molecule has 0 bridgehead atoms. The summed E-state index contributed by atoms with van der Waals surface area (Å²) >= 11 is 0. The second-order valence-corrected chi connectivity index (χ2v) is 3.36. The number of benzene rings is 1. The van der Waals surface area contributed by atoms with E-state index in [-0.39, 0.29) is 5.82 Å². The van der Waals surface area contributed by atoms with E-state index in [0.717, 1.165) is 11.8 Å². The first-order chi connectivity index (χ1) is 7.28. The molecule has 0 saturated heterocycles. The molecule has 0 aliphatic carbocycles. The molecule has 0 amide bonds. The van der Waals surface area contributed by atoms with Crippen molar-refractivity contribution in [3.63, 3.8) is 0 Å². The standard InChI is InChI=1S/C12H10FNO/c13-12-3-1-10(2-4-12)7-14-6-5-11(8-14)9-15/h1-6,8-9H,7H2. The summed E-state index contributed by atoms with van der Waals surface area (Å²) < 4.78 is 14.5. The Balaban J connectivity index is 2.14. The van der Waals surface area contributed by atoms with Crippen LogP contribution in [0.1, 0.15) is 15.9 Å². The van der Waals surface area contributed by atoms with E-state index in [1.54, 1.807) is 24.4 Å². The predicted octanol–water partition coefficient (Wildman–Crippen LogP) is 2.49. The summed E-state index contributed by atoms with van der Waals surface area (Å²) in [6, 6.07) is 8.07. The number of nitrogens with zero attached hydrogens (tertiary/aromatic N) is 1. The molecule has 1 aromatic carbocycles. The highest BCUT2D eigenvalue weighted by Crippen LogP contribution is 2.06. The minimum Gasteiger partial charge on any atom is -0.349 e. The summed E-state index contributed by atoms with van der Waals surface area (Å²) in [5.41, 5.74) is 1.65. The van der Waals surface area contributed by atoms with Gasteiger partial charge >= 0.3 is 0 Å². The van der Waals surface area contributed by atoms with Crippen molar-refractivity contribution in [1.82, 2.24) is 4.57 Å². The minimum atomic E-state index is -0.236. The largest absolute Gasteiger partial charge is 0.349 e. The van der Waals surface area contributed by atoms with Crippen LogP contribution in [0.4, 0.5) is 4.39 Å². The van der Waals surface area contributed by atoms with Crippen molar-refractivity contribution in [2.24, 2.45) is 0 Å². The maximum absolute atomic E-state index is 12.6. The van der Waals surface area contributed by atoms with Crippen molar-refractivity contribution in [3.05, 3.63) is 59.7 Å². The number of aromatic nitrogens is 1. The van der Waals surface area contributed by atoms with Gasteiger partial charge in [-0.2, -0.15) is 0 Å². The molecule has 0 saturated carbocycles. The molecule has 0 radical (unpaired) electrons. The highest BCUT2D eigenvalue weighted by Gasteiger charge is 1.97. The summed E-state index contributed by atoms with van der Waals surface area (Å²) in [6.07, 6.45) is 4.39. The van der Waals surface area contributed by atoms with E-state index in [9.17, 15) is 9.18 Å². The zero-order valence-electron chi connectivity index (χ0n) is 8.06. The van der Waals surface area contributed by atoms with E-state index in [1.165, 1.54) is 12.1 Å². The topological polar surface area (TPSA) is 22.0 Å². The van der Waals surface area contributed by atoms with E-state index in [4.69, 9.17) is 0 Å². The molecule has 2 nitrogen and oxygen atoms in total. The van der Waals surface area contributed by atoms with Crippen molar-refractivity contribution in [2.75, 3.05) is 0 Å². The number of rotatable bonds is 3. The Bertz CT molecular complexity index is 459. The third-order valence-corrected chi connectivity index (χ3v) is 2.19. The van der Waals surface area contributed by atoms with E-state index in [0.29, 0.717) is 12.1 Å². The lowest BCUT2D eigenvalue weighted by molar-refractivity contribution is 0.112. The average molecular weight is 203 g/mol. The molecule has 0 spiro atoms. The molecule has 76 valence electrons. The van der Waals surface area contributed by atoms with E-state index >= 15 is 0 Å². The van der Waals surface area contributed by atoms with Crippen molar-refractivity contribution in [1.29, 1.82) is 0 Å². The minimum absolute atomic E-state index is 0.236. The highest BCUT2D eigenvalue weighted by molar-refractivity contribution is 5.74. The summed E-state index contributed by atoms with van der Waals surface area (Å²) in [5.74, 6) is -0.236. The molecule has 1 heterocycles. The third-order valence-electron chi connectivity index (χ3n) is 2.19. The summed E-state index contributed by atoms with van der Waals surface area (Å²) in [5, 5.41) is 0. The number of hydrogen-bond donors (Lipinski definition) is 0. The lowest BCUT2D eigenvalue weighted by Gasteiger charge is -2.02. The molecule has 1 aromatic heterocycles. The van der Waals surface area contributed by atoms with Gasteiger partial charge in [0.05, 0.1) is 0 Å². The fourth-order valence-corrected chi connectivity index (χ4v) is 1.43. The lowest BCUT2D eigenvalue weighted by atomic mass is 10.2. The number of halogens is 1. The van der Waals surface area contributed by atoms with Crippen molar-refractivity contribution >= 4 is 6.29 Å². The zero-order chi connectivity index (χ0) is 10.7. The van der Waals surface area contributed by atoms with Gasteiger partial charge in [-0.05, 0) is 23.8 Å². The second-order valence-electron chi connectivity index (χ2n) is 3.36. The average Bonchev–Trinajstić information content (AvgIpc) is 2.69. The summed E-state index contributed by atoms with van der Waals surface area (Å²) in [4.78, 5) is 10.5. The Morgan fingerprint density at radius 2 is 1.93 bits per heavy atom. The summed E-state index contributed by atoms with van der Waals surface area (Å²) in [7, 11) is 0. The van der Waals surface area contributed by atoms with Crippen molar-refractivity contribution in [2.45, 2.75) is 6.54 Å². The molecule has 0 N–H and O–H groups in total. The maximum atomic E-state index is 12.6. The predicted molar refractivity (Wildman–Crippen MR) is 55.3 cm³/mol. The number of carbonyl (C=O) groups excluding carboxylic acids is 1. The molecular weight excluding hydrogens is 193 g/mol. The van der Waals surface area contributed by atoms with Crippen molar-refractivity contribution < 1.29 is 9.18 Å². The van der Waals surface area contributed by atoms with Gasteiger partial charge < -0.3 is 4.57 Å². The van der Waals surface area contributed by atoms with Crippen LogP contribution >= 0.6 is 0 Å². The van der Waals surface area contributed by atoms with Crippen LogP contribution < -0.4 is 0 Å². The van der Waals surface area contributed by atoms with Crippen LogP contribution in [0, 0.1) is 5.82 Å².